The molecular formula is C24H28FN5O3. The van der Waals surface area contributed by atoms with E-state index in [1.807, 2.05) is 7.05 Å². The zero-order valence-corrected chi connectivity index (χ0v) is 19.1. The fourth-order valence-corrected chi connectivity index (χ4v) is 4.19. The third-order valence-electron chi connectivity index (χ3n) is 5.97. The highest BCUT2D eigenvalue weighted by Crippen LogP contribution is 2.29. The van der Waals surface area contributed by atoms with Crippen LogP contribution in [-0.4, -0.2) is 67.4 Å². The first-order valence-corrected chi connectivity index (χ1v) is 11.0. The van der Waals surface area contributed by atoms with Gasteiger partial charge in [0.2, 0.25) is 0 Å². The van der Waals surface area contributed by atoms with Gasteiger partial charge in [0, 0.05) is 44.7 Å². The van der Waals surface area contributed by atoms with Crippen LogP contribution >= 0.6 is 0 Å². The molecule has 2 aromatic heterocycles. The molecule has 4 rings (SSSR count). The number of oxazole rings is 1. The lowest BCUT2D eigenvalue weighted by Crippen LogP contribution is -2.40. The molecule has 1 aliphatic heterocycles. The highest BCUT2D eigenvalue weighted by molar-refractivity contribution is 5.92. The zero-order valence-electron chi connectivity index (χ0n) is 19.1. The van der Waals surface area contributed by atoms with E-state index >= 15 is 0 Å². The number of nitrogens with one attached hydrogen (secondary N) is 1. The Morgan fingerprint density at radius 3 is 2.85 bits per heavy atom. The third kappa shape index (κ3) is 5.09. The first kappa shape index (κ1) is 23.0. The molecule has 1 aromatic carbocycles. The summed E-state index contributed by atoms with van der Waals surface area (Å²) in [5, 5.41) is 3.20. The summed E-state index contributed by atoms with van der Waals surface area (Å²) in [5.74, 6) is 1.00. The van der Waals surface area contributed by atoms with Gasteiger partial charge in [0.1, 0.15) is 11.4 Å². The molecule has 33 heavy (non-hydrogen) atoms. The summed E-state index contributed by atoms with van der Waals surface area (Å²) in [7, 11) is 3.56. The van der Waals surface area contributed by atoms with Gasteiger partial charge >= 0.3 is 0 Å². The van der Waals surface area contributed by atoms with Gasteiger partial charge in [-0.15, -0.1) is 0 Å². The normalized spacial score (nSPS) is 15.8. The van der Waals surface area contributed by atoms with Crippen LogP contribution in [0.2, 0.25) is 0 Å². The summed E-state index contributed by atoms with van der Waals surface area (Å²) in [4.78, 5) is 27.5. The quantitative estimate of drug-likeness (QED) is 0.331. The number of benzene rings is 1. The van der Waals surface area contributed by atoms with Gasteiger partial charge in [0.05, 0.1) is 24.2 Å². The Bertz CT molecular complexity index is 1170. The summed E-state index contributed by atoms with van der Waals surface area (Å²) in [6.07, 6.45) is 4.25. The van der Waals surface area contributed by atoms with Crippen LogP contribution in [-0.2, 0) is 4.74 Å². The van der Waals surface area contributed by atoms with E-state index in [9.17, 15) is 9.18 Å². The Hall–Kier alpha value is -3.17. The third-order valence-corrected chi connectivity index (χ3v) is 5.97. The molecule has 0 atom stereocenters. The summed E-state index contributed by atoms with van der Waals surface area (Å²) in [5.41, 5.74) is 2.36. The maximum atomic E-state index is 14.5. The molecule has 0 bridgehead atoms. The van der Waals surface area contributed by atoms with Gasteiger partial charge in [-0.05, 0) is 44.1 Å². The number of aromatic nitrogens is 2. The predicted molar refractivity (Wildman–Crippen MR) is 125 cm³/mol. The smallest absolute Gasteiger partial charge is 0.192 e. The van der Waals surface area contributed by atoms with Crippen LogP contribution < -0.4 is 5.32 Å². The van der Waals surface area contributed by atoms with Crippen LogP contribution in [0.5, 0.6) is 0 Å². The van der Waals surface area contributed by atoms with Gasteiger partial charge in [0.25, 0.3) is 0 Å². The van der Waals surface area contributed by atoms with Gasteiger partial charge in [-0.3, -0.25) is 9.78 Å². The van der Waals surface area contributed by atoms with E-state index in [4.69, 9.17) is 14.1 Å². The van der Waals surface area contributed by atoms with Crippen molar-refractivity contribution in [1.29, 1.82) is 0 Å². The number of halogens is 1. The van der Waals surface area contributed by atoms with Crippen molar-refractivity contribution in [2.24, 2.45) is 10.9 Å². The van der Waals surface area contributed by atoms with Crippen LogP contribution in [0, 0.1) is 18.7 Å². The highest BCUT2D eigenvalue weighted by atomic mass is 19.1. The monoisotopic (exact) mass is 453 g/mol. The molecule has 3 aromatic rings. The van der Waals surface area contributed by atoms with E-state index in [1.165, 1.54) is 6.07 Å². The maximum Gasteiger partial charge on any atom is 0.192 e. The molecule has 1 saturated heterocycles. The number of hydrogen-bond donors (Lipinski definition) is 1. The van der Waals surface area contributed by atoms with Crippen molar-refractivity contribution in [3.05, 3.63) is 41.7 Å². The number of fused-ring (bicyclic) bond motifs is 1. The van der Waals surface area contributed by atoms with Gasteiger partial charge < -0.3 is 19.4 Å². The van der Waals surface area contributed by atoms with Crippen LogP contribution in [0.3, 0.4) is 0 Å². The largest absolute Gasteiger partial charge is 0.441 e. The van der Waals surface area contributed by atoms with Crippen LogP contribution in [0.25, 0.3) is 22.4 Å². The molecule has 174 valence electrons. The number of amidine groups is 1. The average molecular weight is 454 g/mol. The van der Waals surface area contributed by atoms with E-state index in [0.29, 0.717) is 34.0 Å². The number of pyridine rings is 1. The number of aldehydes is 1. The summed E-state index contributed by atoms with van der Waals surface area (Å²) in [6.45, 7) is 5.27. The fourth-order valence-electron chi connectivity index (χ4n) is 4.19. The molecule has 3 heterocycles. The minimum absolute atomic E-state index is 0.181. The molecule has 1 N–H and O–H groups in total. The Kier molecular flexibility index (Phi) is 7.10. The average Bonchev–Trinajstić information content (AvgIpc) is 3.22. The van der Waals surface area contributed by atoms with Crippen molar-refractivity contribution in [2.45, 2.75) is 19.8 Å². The Morgan fingerprint density at radius 2 is 2.15 bits per heavy atom. The summed E-state index contributed by atoms with van der Waals surface area (Å²) in [6, 6.07) is 4.64. The molecule has 0 radical (unpaired) electrons. The standard InChI is InChI=1S/C24H28FN5O3/c1-15-28-23-19(25)10-17(12-22(23)33-15)20-11-18(14-31)21(13-27-20)29-24(26-2)16-4-6-30(7-5-16)8-9-32-3/h10-14,16H,4-9H2,1-3H3,(H,26,29). The number of piperidine rings is 1. The number of aliphatic imine (C=N–C) groups is 1. The SMILES string of the molecule is CN/C(=N\c1cnc(-c2cc(F)c3nc(C)oc3c2)cc1C=O)C1CCN(CCOC)CC1. The molecule has 9 heteroatoms. The van der Waals surface area contributed by atoms with Gasteiger partial charge in [-0.25, -0.2) is 14.4 Å². The first-order valence-electron chi connectivity index (χ1n) is 11.0. The molecule has 1 fully saturated rings. The molecule has 0 unspecified atom stereocenters. The lowest BCUT2D eigenvalue weighted by Gasteiger charge is -2.32. The zero-order chi connectivity index (χ0) is 23.4. The predicted octanol–water partition coefficient (Wildman–Crippen LogP) is 3.76. The molecular weight excluding hydrogens is 425 g/mol. The number of nitrogens with zero attached hydrogens (tertiary/aromatic N) is 4. The molecule has 1 aliphatic rings. The summed E-state index contributed by atoms with van der Waals surface area (Å²) < 4.78 is 25.1. The number of likely N-dealkylation sites (tertiary alicyclic amines) is 1. The Labute approximate surface area is 191 Å². The number of ether oxygens (including phenoxy) is 1. The number of aryl methyl sites for hydroxylation is 1. The second-order valence-corrected chi connectivity index (χ2v) is 8.14. The van der Waals surface area contributed by atoms with E-state index < -0.39 is 5.82 Å². The van der Waals surface area contributed by atoms with Gasteiger partial charge in [-0.2, -0.15) is 0 Å². The van der Waals surface area contributed by atoms with E-state index in [1.54, 1.807) is 32.4 Å². The van der Waals surface area contributed by atoms with Crippen LogP contribution in [0.4, 0.5) is 10.1 Å². The second kappa shape index (κ2) is 10.2. The Balaban J connectivity index is 1.58. The van der Waals surface area contributed by atoms with Gasteiger partial charge in [-0.1, -0.05) is 0 Å². The first-order chi connectivity index (χ1) is 16.0. The molecule has 8 nitrogen and oxygen atoms in total. The summed E-state index contributed by atoms with van der Waals surface area (Å²) >= 11 is 0. The molecule has 0 spiro atoms. The van der Waals surface area contributed by atoms with E-state index in [-0.39, 0.29) is 11.4 Å². The lowest BCUT2D eigenvalue weighted by molar-refractivity contribution is 0.112. The molecule has 0 amide bonds. The number of methoxy groups -OCH3 is 1. The van der Waals surface area contributed by atoms with E-state index in [2.05, 4.69) is 20.2 Å². The van der Waals surface area contributed by atoms with E-state index in [0.717, 1.165) is 51.2 Å². The number of carbonyl (C=O) groups is 1. The minimum Gasteiger partial charge on any atom is -0.441 e. The van der Waals surface area contributed by atoms with Crippen molar-refractivity contribution in [2.75, 3.05) is 40.4 Å². The fraction of sp³-hybridized carbons (Fsp3) is 0.417. The lowest BCUT2D eigenvalue weighted by atomic mass is 9.95. The Morgan fingerprint density at radius 1 is 1.36 bits per heavy atom. The highest BCUT2D eigenvalue weighted by Gasteiger charge is 2.23. The van der Waals surface area contributed by atoms with Crippen molar-refractivity contribution in [3.63, 3.8) is 0 Å². The molecule has 0 saturated carbocycles. The van der Waals surface area contributed by atoms with Crippen molar-refractivity contribution in [3.8, 4) is 11.3 Å². The van der Waals surface area contributed by atoms with Crippen molar-refractivity contribution < 1.29 is 18.3 Å². The van der Waals surface area contributed by atoms with Crippen LogP contribution in [0.1, 0.15) is 29.1 Å². The maximum absolute atomic E-state index is 14.5. The van der Waals surface area contributed by atoms with Crippen molar-refractivity contribution in [1.82, 2.24) is 20.2 Å². The second-order valence-electron chi connectivity index (χ2n) is 8.14. The topological polar surface area (TPSA) is 92.8 Å². The number of carbonyl (C=O) groups excluding carboxylic acids is 1. The van der Waals surface area contributed by atoms with Gasteiger partial charge in [0.15, 0.2) is 23.6 Å². The number of rotatable bonds is 7. The minimum atomic E-state index is -0.495. The van der Waals surface area contributed by atoms with Crippen molar-refractivity contribution >= 4 is 28.9 Å². The molecule has 0 aliphatic carbocycles. The van der Waals surface area contributed by atoms with Crippen LogP contribution in [0.15, 0.2) is 33.8 Å². The number of hydrogen-bond acceptors (Lipinski definition) is 7.